The smallest absolute Gasteiger partial charge is 0.273 e. The van der Waals surface area contributed by atoms with E-state index in [1.807, 2.05) is 0 Å². The first-order valence-corrected chi connectivity index (χ1v) is 8.85. The average Bonchev–Trinajstić information content (AvgIpc) is 3.08. The molecule has 2 heterocycles. The molecule has 0 saturated carbocycles. The van der Waals surface area contributed by atoms with Crippen LogP contribution in [0.4, 0.5) is 4.39 Å². The Hall–Kier alpha value is -1.99. The van der Waals surface area contributed by atoms with Crippen LogP contribution in [0.1, 0.15) is 35.3 Å². The Balaban J connectivity index is 1.52. The monoisotopic (exact) mass is 365 g/mol. The van der Waals surface area contributed by atoms with Crippen molar-refractivity contribution in [2.24, 2.45) is 0 Å². The lowest BCUT2D eigenvalue weighted by molar-refractivity contribution is 0.0941. The second-order valence-electron chi connectivity index (χ2n) is 6.16. The number of amides is 1. The van der Waals surface area contributed by atoms with Crippen molar-refractivity contribution in [1.29, 1.82) is 0 Å². The summed E-state index contributed by atoms with van der Waals surface area (Å²) in [5.74, 6) is -0.682. The summed E-state index contributed by atoms with van der Waals surface area (Å²) in [5, 5.41) is 10.9. The molecule has 1 saturated heterocycles. The maximum atomic E-state index is 13.8. The van der Waals surface area contributed by atoms with Gasteiger partial charge >= 0.3 is 0 Å². The first kappa shape index (κ1) is 17.8. The molecule has 3 rings (SSSR count). The Kier molecular flexibility index (Phi) is 5.99. The minimum Gasteiger partial charge on any atom is -0.349 e. The van der Waals surface area contributed by atoms with Gasteiger partial charge in [0, 0.05) is 23.7 Å². The van der Waals surface area contributed by atoms with Crippen molar-refractivity contribution in [3.05, 3.63) is 46.5 Å². The van der Waals surface area contributed by atoms with Crippen molar-refractivity contribution in [3.63, 3.8) is 0 Å². The van der Waals surface area contributed by atoms with Crippen LogP contribution in [0.2, 0.25) is 5.02 Å². The number of carbonyl (C=O) groups is 1. The van der Waals surface area contributed by atoms with Gasteiger partial charge in [0.2, 0.25) is 0 Å². The predicted molar refractivity (Wildman–Crippen MR) is 93.2 cm³/mol. The van der Waals surface area contributed by atoms with E-state index in [1.165, 1.54) is 36.2 Å². The molecule has 1 N–H and O–H groups in total. The molecule has 1 aliphatic rings. The van der Waals surface area contributed by atoms with E-state index < -0.39 is 5.82 Å². The summed E-state index contributed by atoms with van der Waals surface area (Å²) in [4.78, 5) is 14.5. The maximum absolute atomic E-state index is 13.8. The predicted octanol–water partition coefficient (Wildman–Crippen LogP) is 2.33. The zero-order valence-corrected chi connectivity index (χ0v) is 14.7. The van der Waals surface area contributed by atoms with Crippen LogP contribution in [-0.2, 0) is 6.54 Å². The number of hydrogen-bond acceptors (Lipinski definition) is 4. The Morgan fingerprint density at radius 2 is 2.08 bits per heavy atom. The molecule has 0 bridgehead atoms. The maximum Gasteiger partial charge on any atom is 0.273 e. The second kappa shape index (κ2) is 8.40. The number of hydrogen-bond donors (Lipinski definition) is 1. The molecule has 134 valence electrons. The summed E-state index contributed by atoms with van der Waals surface area (Å²) in [6, 6.07) is 4.50. The van der Waals surface area contributed by atoms with E-state index in [0.717, 1.165) is 19.6 Å². The van der Waals surface area contributed by atoms with Gasteiger partial charge in [0.15, 0.2) is 5.69 Å². The van der Waals surface area contributed by atoms with E-state index in [0.29, 0.717) is 17.1 Å². The zero-order valence-electron chi connectivity index (χ0n) is 13.9. The molecule has 0 spiro atoms. The van der Waals surface area contributed by atoms with Gasteiger partial charge in [-0.3, -0.25) is 4.79 Å². The summed E-state index contributed by atoms with van der Waals surface area (Å²) in [6.07, 6.45) is 5.23. The van der Waals surface area contributed by atoms with Crippen LogP contribution in [-0.4, -0.2) is 52.0 Å². The van der Waals surface area contributed by atoms with Gasteiger partial charge in [-0.1, -0.05) is 29.3 Å². The molecule has 0 unspecified atom stereocenters. The lowest BCUT2D eigenvalue weighted by atomic mass is 10.1. The molecule has 25 heavy (non-hydrogen) atoms. The SMILES string of the molecule is O=C(NCCN1CCCCC1)c1cn(Cc2c(F)cccc2Cl)nn1. The van der Waals surface area contributed by atoms with Crippen LogP contribution in [0.3, 0.4) is 0 Å². The van der Waals surface area contributed by atoms with Gasteiger partial charge in [0.1, 0.15) is 5.82 Å². The number of halogens is 2. The molecule has 6 nitrogen and oxygen atoms in total. The van der Waals surface area contributed by atoms with Crippen molar-refractivity contribution in [1.82, 2.24) is 25.2 Å². The molecule has 0 radical (unpaired) electrons. The lowest BCUT2D eigenvalue weighted by Crippen LogP contribution is -2.37. The molecule has 1 fully saturated rings. The number of piperidine rings is 1. The Labute approximate surface area is 151 Å². The van der Waals surface area contributed by atoms with E-state index in [9.17, 15) is 9.18 Å². The Morgan fingerprint density at radius 1 is 1.28 bits per heavy atom. The third kappa shape index (κ3) is 4.76. The normalized spacial score (nSPS) is 15.3. The van der Waals surface area contributed by atoms with Gasteiger partial charge in [-0.15, -0.1) is 5.10 Å². The number of nitrogens with one attached hydrogen (secondary N) is 1. The fraction of sp³-hybridized carbons (Fsp3) is 0.471. The topological polar surface area (TPSA) is 63.1 Å². The highest BCUT2D eigenvalue weighted by Crippen LogP contribution is 2.19. The third-order valence-corrected chi connectivity index (χ3v) is 4.67. The van der Waals surface area contributed by atoms with Crippen molar-refractivity contribution >= 4 is 17.5 Å². The molecular weight excluding hydrogens is 345 g/mol. The summed E-state index contributed by atoms with van der Waals surface area (Å²) in [5.41, 5.74) is 0.539. The van der Waals surface area contributed by atoms with Gasteiger partial charge < -0.3 is 10.2 Å². The van der Waals surface area contributed by atoms with Crippen LogP contribution in [0.25, 0.3) is 0 Å². The van der Waals surface area contributed by atoms with Crippen molar-refractivity contribution in [3.8, 4) is 0 Å². The third-order valence-electron chi connectivity index (χ3n) is 4.32. The van der Waals surface area contributed by atoms with E-state index in [2.05, 4.69) is 20.5 Å². The number of aromatic nitrogens is 3. The lowest BCUT2D eigenvalue weighted by Gasteiger charge is -2.26. The van der Waals surface area contributed by atoms with Gasteiger partial charge in [-0.05, 0) is 38.1 Å². The molecule has 0 aliphatic carbocycles. The largest absolute Gasteiger partial charge is 0.349 e. The molecule has 1 amide bonds. The van der Waals surface area contributed by atoms with Gasteiger partial charge in [-0.25, -0.2) is 9.07 Å². The standard InChI is InChI=1S/C17H21ClFN5O/c18-14-5-4-6-15(19)13(14)11-24-12-16(21-22-24)17(25)20-7-10-23-8-2-1-3-9-23/h4-6,12H,1-3,7-11H2,(H,20,25). The molecule has 1 aliphatic heterocycles. The molecule has 8 heteroatoms. The Morgan fingerprint density at radius 3 is 2.84 bits per heavy atom. The van der Waals surface area contributed by atoms with Crippen LogP contribution < -0.4 is 5.32 Å². The highest BCUT2D eigenvalue weighted by atomic mass is 35.5. The van der Waals surface area contributed by atoms with Crippen molar-refractivity contribution in [2.75, 3.05) is 26.2 Å². The van der Waals surface area contributed by atoms with Gasteiger partial charge in [-0.2, -0.15) is 0 Å². The molecule has 0 atom stereocenters. The molecule has 1 aromatic carbocycles. The van der Waals surface area contributed by atoms with E-state index in [-0.39, 0.29) is 18.1 Å². The fourth-order valence-electron chi connectivity index (χ4n) is 2.93. The quantitative estimate of drug-likeness (QED) is 0.853. The van der Waals surface area contributed by atoms with Crippen molar-refractivity contribution < 1.29 is 9.18 Å². The zero-order chi connectivity index (χ0) is 17.6. The van der Waals surface area contributed by atoms with Crippen LogP contribution in [0.5, 0.6) is 0 Å². The number of benzene rings is 1. The molecule has 2 aromatic rings. The van der Waals surface area contributed by atoms with Crippen LogP contribution >= 0.6 is 11.6 Å². The molecular formula is C17H21ClFN5O. The average molecular weight is 366 g/mol. The van der Waals surface area contributed by atoms with Gasteiger partial charge in [0.25, 0.3) is 5.91 Å². The van der Waals surface area contributed by atoms with Gasteiger partial charge in [0.05, 0.1) is 12.7 Å². The first-order chi connectivity index (χ1) is 12.1. The summed E-state index contributed by atoms with van der Waals surface area (Å²) < 4.78 is 15.2. The van der Waals surface area contributed by atoms with Crippen molar-refractivity contribution in [2.45, 2.75) is 25.8 Å². The number of rotatable bonds is 6. The minimum atomic E-state index is -0.407. The first-order valence-electron chi connectivity index (χ1n) is 8.47. The Bertz CT molecular complexity index is 709. The van der Waals surface area contributed by atoms with Crippen LogP contribution in [0.15, 0.2) is 24.4 Å². The second-order valence-corrected chi connectivity index (χ2v) is 6.57. The highest BCUT2D eigenvalue weighted by molar-refractivity contribution is 6.31. The summed E-state index contributed by atoms with van der Waals surface area (Å²) >= 11 is 6.01. The summed E-state index contributed by atoms with van der Waals surface area (Å²) in [6.45, 7) is 3.72. The fourth-order valence-corrected chi connectivity index (χ4v) is 3.15. The summed E-state index contributed by atoms with van der Waals surface area (Å²) in [7, 11) is 0. The number of carbonyl (C=O) groups excluding carboxylic acids is 1. The van der Waals surface area contributed by atoms with E-state index in [4.69, 9.17) is 11.6 Å². The van der Waals surface area contributed by atoms with E-state index in [1.54, 1.807) is 12.1 Å². The van der Waals surface area contributed by atoms with Crippen LogP contribution in [0, 0.1) is 5.82 Å². The van der Waals surface area contributed by atoms with E-state index >= 15 is 0 Å². The highest BCUT2D eigenvalue weighted by Gasteiger charge is 2.14. The number of nitrogens with zero attached hydrogens (tertiary/aromatic N) is 4. The minimum absolute atomic E-state index is 0.125. The molecule has 1 aromatic heterocycles. The number of likely N-dealkylation sites (tertiary alicyclic amines) is 1.